The van der Waals surface area contributed by atoms with E-state index in [0.29, 0.717) is 0 Å². The van der Waals surface area contributed by atoms with Crippen LogP contribution in [0.2, 0.25) is 18.1 Å². The molecule has 0 aromatic rings. The molecule has 0 amide bonds. The molecule has 53 heavy (non-hydrogen) atoms. The van der Waals surface area contributed by atoms with Crippen LogP contribution in [0.5, 0.6) is 0 Å². The molecule has 312 valence electrons. The number of aliphatic hydroxyl groups excluding tert-OH is 8. The molecule has 0 aliphatic carbocycles. The highest BCUT2D eigenvalue weighted by Gasteiger charge is 2.55. The Hall–Kier alpha value is -0.623. The van der Waals surface area contributed by atoms with Crippen LogP contribution in [0.3, 0.4) is 0 Å². The number of methoxy groups -OCH3 is 1. The molecule has 0 saturated carbocycles. The van der Waals surface area contributed by atoms with Gasteiger partial charge in [0.2, 0.25) is 0 Å². The molecule has 0 aromatic carbocycles. The van der Waals surface area contributed by atoms with Crippen molar-refractivity contribution in [2.75, 3.05) is 33.5 Å². The van der Waals surface area contributed by atoms with E-state index in [9.17, 15) is 40.9 Å². The predicted molar refractivity (Wildman–Crippen MR) is 183 cm³/mol. The molecule has 0 spiro atoms. The molecule has 22 heteroatoms. The third kappa shape index (κ3) is 9.41. The lowest BCUT2D eigenvalue weighted by Crippen LogP contribution is -2.70. The predicted octanol–water partition coefficient (Wildman–Crippen LogP) is -6.20. The summed E-state index contributed by atoms with van der Waals surface area (Å²) in [6.45, 7) is 7.39. The van der Waals surface area contributed by atoms with Gasteiger partial charge < -0.3 is 106 Å². The van der Waals surface area contributed by atoms with E-state index in [4.69, 9.17) is 65.3 Å². The Kier molecular flexibility index (Phi) is 15.6. The third-order valence-corrected chi connectivity index (χ3v) is 15.4. The highest BCUT2D eigenvalue weighted by Crippen LogP contribution is 2.40. The molecule has 4 saturated heterocycles. The van der Waals surface area contributed by atoms with Crippen molar-refractivity contribution in [3.8, 4) is 0 Å². The van der Waals surface area contributed by atoms with Gasteiger partial charge in [0, 0.05) is 7.11 Å². The van der Waals surface area contributed by atoms with Gasteiger partial charge >= 0.3 is 0 Å². The first-order chi connectivity index (χ1) is 24.8. The van der Waals surface area contributed by atoms with Crippen molar-refractivity contribution in [2.24, 2.45) is 22.9 Å². The van der Waals surface area contributed by atoms with Gasteiger partial charge in [-0.3, -0.25) is 0 Å². The fourth-order valence-electron chi connectivity index (χ4n) is 6.56. The Morgan fingerprint density at radius 1 is 0.509 bits per heavy atom. The quantitative estimate of drug-likeness (QED) is 0.0772. The molecule has 20 atom stereocenters. The van der Waals surface area contributed by atoms with Crippen molar-refractivity contribution >= 4 is 8.32 Å². The molecule has 16 N–H and O–H groups in total. The molecule has 0 radical (unpaired) electrons. The molecule has 4 fully saturated rings. The topological polar surface area (TPSA) is 349 Å². The van der Waals surface area contributed by atoms with Crippen molar-refractivity contribution in [3.05, 3.63) is 0 Å². The first-order valence-electron chi connectivity index (χ1n) is 17.7. The SMILES string of the molecule is CO[C@H]1OC(CO)[C@@H](OC2OC(CO)C(O[C@H]3OC(CO)[C@@H](OC4OC(CO)C(O[Si](C)(C)C(C)(C)C)[C@H](O)[C@H]4N)C(O)[C@@H]3N)[C@H](O)[C@H]2N)C(O)[C@@H]1N. The van der Waals surface area contributed by atoms with Crippen LogP contribution >= 0.6 is 0 Å². The van der Waals surface area contributed by atoms with E-state index < -0.39 is 157 Å². The maximum atomic E-state index is 11.3. The fourth-order valence-corrected chi connectivity index (χ4v) is 7.89. The van der Waals surface area contributed by atoms with Gasteiger partial charge in [0.05, 0.1) is 50.6 Å². The standard InChI is InChI=1S/C31H62N4O17Si/c1-31(2,3)53(5,6)52-26-14(10-39)48-30(18(35)22(26)43)51-25-13(9-38)47-29(17(34)21(25)42)50-24-12(8-37)46-28(16(33)20(24)41)49-23-11(7-36)45-27(44-4)15(32)19(23)40/h11-30,36-43H,7-10,32-35H2,1-6H3/t11?,12?,13?,14?,15-,16+,17-,18+,19?,20+,21?,22+,23+,24?,25+,26?,27-,28?,29+,30?/m0/s1. The van der Waals surface area contributed by atoms with E-state index in [1.54, 1.807) is 0 Å². The van der Waals surface area contributed by atoms with E-state index in [-0.39, 0.29) is 5.04 Å². The molecular weight excluding hydrogens is 728 g/mol. The molecule has 4 aliphatic heterocycles. The summed E-state index contributed by atoms with van der Waals surface area (Å²) in [5, 5.41) is 84.9. The van der Waals surface area contributed by atoms with Crippen LogP contribution in [0.4, 0.5) is 0 Å². The van der Waals surface area contributed by atoms with Gasteiger partial charge in [-0.1, -0.05) is 20.8 Å². The minimum absolute atomic E-state index is 0.227. The lowest BCUT2D eigenvalue weighted by Gasteiger charge is -2.50. The van der Waals surface area contributed by atoms with Crippen molar-refractivity contribution in [1.82, 2.24) is 0 Å². The van der Waals surface area contributed by atoms with Gasteiger partial charge in [-0.2, -0.15) is 0 Å². The smallest absolute Gasteiger partial charge is 0.192 e. The first-order valence-corrected chi connectivity index (χ1v) is 20.6. The number of nitrogens with two attached hydrogens (primary N) is 4. The van der Waals surface area contributed by atoms with Crippen LogP contribution in [0.25, 0.3) is 0 Å². The Morgan fingerprint density at radius 2 is 0.774 bits per heavy atom. The molecule has 0 bridgehead atoms. The number of rotatable bonds is 13. The summed E-state index contributed by atoms with van der Waals surface area (Å²) >= 11 is 0. The molecule has 21 nitrogen and oxygen atoms in total. The van der Waals surface area contributed by atoms with Gasteiger partial charge in [-0.05, 0) is 18.1 Å². The first kappa shape index (κ1) is 45.1. The van der Waals surface area contributed by atoms with Crippen LogP contribution in [-0.2, 0) is 42.3 Å². The largest absolute Gasteiger partial charge is 0.408 e. The van der Waals surface area contributed by atoms with Crippen molar-refractivity contribution in [1.29, 1.82) is 0 Å². The Labute approximate surface area is 309 Å². The monoisotopic (exact) mass is 790 g/mol. The lowest BCUT2D eigenvalue weighted by atomic mass is 9.94. The maximum absolute atomic E-state index is 11.3. The minimum atomic E-state index is -2.46. The Bertz CT molecular complexity index is 1140. The van der Waals surface area contributed by atoms with E-state index in [1.807, 2.05) is 33.9 Å². The maximum Gasteiger partial charge on any atom is 0.192 e. The van der Waals surface area contributed by atoms with Gasteiger partial charge in [0.25, 0.3) is 0 Å². The number of hydrogen-bond acceptors (Lipinski definition) is 21. The minimum Gasteiger partial charge on any atom is -0.408 e. The second-order valence-corrected chi connectivity index (χ2v) is 20.3. The highest BCUT2D eigenvalue weighted by atomic mass is 28.4. The summed E-state index contributed by atoms with van der Waals surface area (Å²) in [4.78, 5) is 0. The lowest BCUT2D eigenvalue weighted by molar-refractivity contribution is -0.358. The molecule has 10 unspecified atom stereocenters. The van der Waals surface area contributed by atoms with Crippen LogP contribution in [0, 0.1) is 0 Å². The highest BCUT2D eigenvalue weighted by molar-refractivity contribution is 6.74. The summed E-state index contributed by atoms with van der Waals surface area (Å²) in [5.41, 5.74) is 25.0. The van der Waals surface area contributed by atoms with Crippen LogP contribution in [0.15, 0.2) is 0 Å². The zero-order valence-electron chi connectivity index (χ0n) is 30.9. The van der Waals surface area contributed by atoms with Gasteiger partial charge in [-0.15, -0.1) is 0 Å². The van der Waals surface area contributed by atoms with Gasteiger partial charge in [-0.25, -0.2) is 0 Å². The summed E-state index contributed by atoms with van der Waals surface area (Å²) < 4.78 is 52.5. The van der Waals surface area contributed by atoms with Gasteiger partial charge in [0.15, 0.2) is 33.5 Å². The van der Waals surface area contributed by atoms with Crippen LogP contribution < -0.4 is 22.9 Å². The average molecular weight is 791 g/mol. The van der Waals surface area contributed by atoms with Crippen LogP contribution in [-0.4, -0.2) is 205 Å². The second kappa shape index (κ2) is 18.3. The summed E-state index contributed by atoms with van der Waals surface area (Å²) in [7, 11) is -1.14. The normalized spacial score (nSPS) is 47.4. The van der Waals surface area contributed by atoms with Crippen LogP contribution in [0.1, 0.15) is 20.8 Å². The number of ether oxygens (including phenoxy) is 8. The van der Waals surface area contributed by atoms with E-state index in [1.165, 1.54) is 7.11 Å². The van der Waals surface area contributed by atoms with Crippen molar-refractivity contribution in [2.45, 2.75) is 161 Å². The summed E-state index contributed by atoms with van der Waals surface area (Å²) in [6, 6.07) is -5.07. The van der Waals surface area contributed by atoms with E-state index >= 15 is 0 Å². The Balaban J connectivity index is 1.43. The van der Waals surface area contributed by atoms with E-state index in [0.717, 1.165) is 0 Å². The summed E-state index contributed by atoms with van der Waals surface area (Å²) in [5.74, 6) is 0. The molecule has 0 aromatic heterocycles. The third-order valence-electron chi connectivity index (χ3n) is 10.9. The number of hydrogen-bond donors (Lipinski definition) is 12. The second-order valence-electron chi connectivity index (χ2n) is 15.6. The molecular formula is C31H62N4O17Si. The van der Waals surface area contributed by atoms with Crippen molar-refractivity contribution in [3.63, 3.8) is 0 Å². The fraction of sp³-hybridized carbons (Fsp3) is 1.00. The molecule has 4 heterocycles. The number of aliphatic hydroxyl groups is 8. The average Bonchev–Trinajstić information content (AvgIpc) is 3.11. The zero-order valence-corrected chi connectivity index (χ0v) is 31.9. The van der Waals surface area contributed by atoms with E-state index in [2.05, 4.69) is 0 Å². The Morgan fingerprint density at radius 3 is 1.06 bits per heavy atom. The summed E-state index contributed by atoms with van der Waals surface area (Å²) in [6.07, 6.45) is -21.3. The molecule has 4 aliphatic rings. The van der Waals surface area contributed by atoms with Crippen molar-refractivity contribution < 1.29 is 83.2 Å². The molecule has 4 rings (SSSR count). The van der Waals surface area contributed by atoms with Gasteiger partial charge in [0.1, 0.15) is 73.2 Å². The zero-order chi connectivity index (χ0) is 39.7.